The van der Waals surface area contributed by atoms with E-state index in [1.54, 1.807) is 6.92 Å². The van der Waals surface area contributed by atoms with Crippen LogP contribution >= 0.6 is 0 Å². The number of carbonyl (C=O) groups is 4. The zero-order valence-electron chi connectivity index (χ0n) is 21.1. The van der Waals surface area contributed by atoms with Crippen molar-refractivity contribution in [2.75, 3.05) is 13.6 Å². The fourth-order valence-corrected chi connectivity index (χ4v) is 6.31. The van der Waals surface area contributed by atoms with Crippen molar-refractivity contribution in [3.63, 3.8) is 0 Å². The molecule has 4 aliphatic rings. The molecule has 3 N–H and O–H groups in total. The first-order valence-electron chi connectivity index (χ1n) is 12.5. The van der Waals surface area contributed by atoms with Crippen LogP contribution in [-0.2, 0) is 14.3 Å². The van der Waals surface area contributed by atoms with E-state index in [9.17, 15) is 32.3 Å². The number of benzene rings is 1. The molecule has 0 radical (unpaired) electrons. The Morgan fingerprint density at radius 1 is 1.15 bits per heavy atom. The third-order valence-corrected chi connectivity index (χ3v) is 8.03. The normalized spacial score (nSPS) is 29.8. The minimum absolute atomic E-state index is 0.0332. The van der Waals surface area contributed by atoms with Crippen LogP contribution in [0.15, 0.2) is 35.3 Å². The number of halogens is 4. The van der Waals surface area contributed by atoms with Crippen molar-refractivity contribution in [2.45, 2.75) is 50.3 Å². The standard InChI is InChI=1S/C26H26F4N4O5/c1-11-3-4-18(12-5-15(27)21(30)16(28)6-12)34(11)19(35)7-13-9-26(10-32-25(38)39-26)14-8-17(29)22(23(36)20(13)14)33-24(37)31-2/h5-6,8,11,13,18,20H,3-4,7,9-10H2,1-2H3,(H,32,38)(H2,31,33,37)/t11-,13?,18-,20?,26-/m0/s1. The van der Waals surface area contributed by atoms with Crippen molar-refractivity contribution in [1.29, 1.82) is 0 Å². The highest BCUT2D eigenvalue weighted by atomic mass is 19.2. The molecule has 9 nitrogen and oxygen atoms in total. The molecule has 5 atom stereocenters. The lowest BCUT2D eigenvalue weighted by molar-refractivity contribution is -0.135. The molecular formula is C26H26F4N4O5. The van der Waals surface area contributed by atoms with Gasteiger partial charge >= 0.3 is 12.1 Å². The molecule has 1 aromatic carbocycles. The van der Waals surface area contributed by atoms with Crippen molar-refractivity contribution in [3.05, 3.63) is 58.3 Å². The molecule has 5 rings (SSSR count). The van der Waals surface area contributed by atoms with Crippen molar-refractivity contribution < 1.29 is 41.5 Å². The van der Waals surface area contributed by atoms with Crippen molar-refractivity contribution in [3.8, 4) is 0 Å². The lowest BCUT2D eigenvalue weighted by Gasteiger charge is -2.31. The fraction of sp³-hybridized carbons (Fsp3) is 0.462. The molecule has 1 aromatic rings. The first-order valence-corrected chi connectivity index (χ1v) is 12.5. The number of likely N-dealkylation sites (tertiary alicyclic amines) is 1. The van der Waals surface area contributed by atoms with Gasteiger partial charge in [0.15, 0.2) is 34.7 Å². The maximum absolute atomic E-state index is 15.0. The summed E-state index contributed by atoms with van der Waals surface area (Å²) in [7, 11) is 1.30. The van der Waals surface area contributed by atoms with Crippen molar-refractivity contribution in [2.24, 2.45) is 11.8 Å². The van der Waals surface area contributed by atoms with E-state index in [4.69, 9.17) is 4.74 Å². The number of hydrogen-bond acceptors (Lipinski definition) is 5. The fourth-order valence-electron chi connectivity index (χ4n) is 6.31. The van der Waals surface area contributed by atoms with Crippen LogP contribution < -0.4 is 16.0 Å². The summed E-state index contributed by atoms with van der Waals surface area (Å²) in [6.45, 7) is 1.74. The predicted octanol–water partition coefficient (Wildman–Crippen LogP) is 3.28. The van der Waals surface area contributed by atoms with Gasteiger partial charge in [0.05, 0.1) is 18.5 Å². The second kappa shape index (κ2) is 9.69. The van der Waals surface area contributed by atoms with Crippen molar-refractivity contribution >= 4 is 23.8 Å². The average Bonchev–Trinajstić information content (AvgIpc) is 3.54. The van der Waals surface area contributed by atoms with E-state index >= 15 is 4.39 Å². The number of allylic oxidation sites excluding steroid dienone is 3. The third-order valence-electron chi connectivity index (χ3n) is 8.03. The smallest absolute Gasteiger partial charge is 0.408 e. The van der Waals surface area contributed by atoms with Crippen LogP contribution in [0.2, 0.25) is 0 Å². The maximum Gasteiger partial charge on any atom is 0.408 e. The van der Waals surface area contributed by atoms with E-state index in [0.717, 1.165) is 18.2 Å². The van der Waals surface area contributed by atoms with E-state index in [1.165, 1.54) is 11.9 Å². The molecular weight excluding hydrogens is 524 g/mol. The molecule has 0 aromatic heterocycles. The van der Waals surface area contributed by atoms with Gasteiger partial charge in [0.25, 0.3) is 0 Å². The number of hydrogen-bond donors (Lipinski definition) is 3. The van der Waals surface area contributed by atoms with Gasteiger partial charge in [0, 0.05) is 19.5 Å². The number of alkyl carbamates (subject to hydrolysis) is 1. The molecule has 2 aliphatic carbocycles. The van der Waals surface area contributed by atoms with E-state index in [0.29, 0.717) is 12.8 Å². The Balaban J connectivity index is 1.46. The Labute approximate surface area is 220 Å². The molecule has 208 valence electrons. The lowest BCUT2D eigenvalue weighted by Crippen LogP contribution is -2.41. The number of ether oxygens (including phenoxy) is 1. The molecule has 2 saturated heterocycles. The molecule has 2 heterocycles. The number of carbonyl (C=O) groups excluding carboxylic acids is 4. The van der Waals surface area contributed by atoms with Gasteiger partial charge in [-0.3, -0.25) is 9.59 Å². The van der Waals surface area contributed by atoms with Gasteiger partial charge in [-0.2, -0.15) is 0 Å². The largest absolute Gasteiger partial charge is 0.436 e. The van der Waals surface area contributed by atoms with E-state index < -0.39 is 76.3 Å². The summed E-state index contributed by atoms with van der Waals surface area (Å²) >= 11 is 0. The third kappa shape index (κ3) is 4.43. The Kier molecular flexibility index (Phi) is 6.63. The van der Waals surface area contributed by atoms with Gasteiger partial charge in [-0.15, -0.1) is 0 Å². The molecule has 4 amide bonds. The van der Waals surface area contributed by atoms with E-state index in [-0.39, 0.29) is 36.6 Å². The van der Waals surface area contributed by atoms with Gasteiger partial charge in [-0.25, -0.2) is 27.2 Å². The Morgan fingerprint density at radius 2 is 1.85 bits per heavy atom. The second-order valence-electron chi connectivity index (χ2n) is 10.3. The first-order chi connectivity index (χ1) is 18.5. The SMILES string of the molecule is CNC(=O)NC1=C(F)C=C2C(C1=O)C(CC(=O)N1[C@@H](C)CC[C@H]1c1cc(F)c(F)c(F)c1)C[C@]21CNC(=O)O1. The summed E-state index contributed by atoms with van der Waals surface area (Å²) in [4.78, 5) is 52.5. The number of Topliss-reactive ketones (excluding diaryl/α,β-unsaturated/α-hetero) is 1. The van der Waals surface area contributed by atoms with Crippen LogP contribution in [0.1, 0.15) is 44.2 Å². The first kappa shape index (κ1) is 26.7. The highest BCUT2D eigenvalue weighted by molar-refractivity contribution is 6.04. The monoisotopic (exact) mass is 550 g/mol. The van der Waals surface area contributed by atoms with Crippen LogP contribution in [0.5, 0.6) is 0 Å². The Bertz CT molecular complexity index is 1320. The average molecular weight is 551 g/mol. The zero-order valence-corrected chi connectivity index (χ0v) is 21.1. The van der Waals surface area contributed by atoms with E-state index in [2.05, 4.69) is 16.0 Å². The van der Waals surface area contributed by atoms with Crippen LogP contribution in [0.25, 0.3) is 0 Å². The Hall–Kier alpha value is -3.90. The number of amides is 4. The van der Waals surface area contributed by atoms with Gasteiger partial charge in [0.2, 0.25) is 5.91 Å². The second-order valence-corrected chi connectivity index (χ2v) is 10.3. The number of ketones is 1. The number of urea groups is 1. The molecule has 1 saturated carbocycles. The molecule has 13 heteroatoms. The number of nitrogens with zero attached hydrogens (tertiary/aromatic N) is 1. The topological polar surface area (TPSA) is 117 Å². The minimum Gasteiger partial charge on any atom is -0.436 e. The van der Waals surface area contributed by atoms with Gasteiger partial charge in [-0.1, -0.05) is 0 Å². The van der Waals surface area contributed by atoms with Crippen LogP contribution in [0, 0.1) is 29.3 Å². The van der Waals surface area contributed by atoms with Crippen LogP contribution in [0.4, 0.5) is 27.2 Å². The van der Waals surface area contributed by atoms with Crippen LogP contribution in [-0.4, -0.2) is 54.0 Å². The summed E-state index contributed by atoms with van der Waals surface area (Å²) in [5, 5.41) is 6.95. The van der Waals surface area contributed by atoms with Gasteiger partial charge in [-0.05, 0) is 61.4 Å². The van der Waals surface area contributed by atoms with Gasteiger partial charge < -0.3 is 25.6 Å². The number of fused-ring (bicyclic) bond motifs is 2. The van der Waals surface area contributed by atoms with Crippen molar-refractivity contribution in [1.82, 2.24) is 20.9 Å². The maximum atomic E-state index is 15.0. The summed E-state index contributed by atoms with van der Waals surface area (Å²) in [5.41, 5.74) is -1.62. The highest BCUT2D eigenvalue weighted by Gasteiger charge is 2.59. The molecule has 3 fully saturated rings. The summed E-state index contributed by atoms with van der Waals surface area (Å²) in [6, 6.07) is -0.123. The molecule has 2 unspecified atom stereocenters. The molecule has 39 heavy (non-hydrogen) atoms. The lowest BCUT2D eigenvalue weighted by atomic mass is 9.81. The zero-order chi connectivity index (χ0) is 28.2. The Morgan fingerprint density at radius 3 is 2.46 bits per heavy atom. The van der Waals surface area contributed by atoms with Gasteiger partial charge in [0.1, 0.15) is 5.70 Å². The number of nitrogens with one attached hydrogen (secondary N) is 3. The van der Waals surface area contributed by atoms with Crippen LogP contribution in [0.3, 0.4) is 0 Å². The minimum atomic E-state index is -1.60. The molecule has 1 spiro atoms. The predicted molar refractivity (Wildman–Crippen MR) is 127 cm³/mol. The summed E-state index contributed by atoms with van der Waals surface area (Å²) in [5.74, 6) is -8.33. The molecule has 2 aliphatic heterocycles. The summed E-state index contributed by atoms with van der Waals surface area (Å²) in [6.07, 6.45) is 1.03. The number of rotatable bonds is 4. The molecule has 0 bridgehead atoms. The highest BCUT2D eigenvalue weighted by Crippen LogP contribution is 2.53. The quantitative estimate of drug-likeness (QED) is 0.393. The summed E-state index contributed by atoms with van der Waals surface area (Å²) < 4.78 is 62.0. The van der Waals surface area contributed by atoms with E-state index in [1.807, 2.05) is 0 Å².